The molecule has 1 saturated heterocycles. The van der Waals surface area contributed by atoms with Gasteiger partial charge < -0.3 is 9.64 Å². The van der Waals surface area contributed by atoms with Crippen molar-refractivity contribution in [2.24, 2.45) is 5.41 Å². The molecule has 0 N–H and O–H groups in total. The minimum Gasteiger partial charge on any atom is -0.426 e. The van der Waals surface area contributed by atoms with Crippen LogP contribution in [0, 0.1) is 5.41 Å². The number of aromatic nitrogens is 4. The zero-order valence-electron chi connectivity index (χ0n) is 16.0. The minimum atomic E-state index is -0.566. The lowest BCUT2D eigenvalue weighted by Crippen LogP contribution is -2.38. The Labute approximate surface area is 158 Å². The topological polar surface area (TPSA) is 90.2 Å². The van der Waals surface area contributed by atoms with Crippen LogP contribution in [0.1, 0.15) is 40.0 Å². The number of carbonyl (C=O) groups is 2. The molecule has 3 rings (SSSR count). The SMILES string of the molecule is CC(C)(C)C(=O)Oc1ccc(-c2nnn(CC(=O)N3CCCCC3)n2)cc1. The van der Waals surface area contributed by atoms with Gasteiger partial charge in [-0.1, -0.05) is 0 Å². The number of piperidine rings is 1. The van der Waals surface area contributed by atoms with Crippen molar-refractivity contribution in [3.63, 3.8) is 0 Å². The summed E-state index contributed by atoms with van der Waals surface area (Å²) < 4.78 is 5.34. The first-order valence-corrected chi connectivity index (χ1v) is 9.21. The maximum absolute atomic E-state index is 12.3. The van der Waals surface area contributed by atoms with Gasteiger partial charge in [-0.2, -0.15) is 4.80 Å². The van der Waals surface area contributed by atoms with Gasteiger partial charge in [0.2, 0.25) is 11.7 Å². The second-order valence-corrected chi connectivity index (χ2v) is 7.75. The van der Waals surface area contributed by atoms with Gasteiger partial charge in [-0.3, -0.25) is 9.59 Å². The third-order valence-electron chi connectivity index (χ3n) is 4.37. The van der Waals surface area contributed by atoms with Gasteiger partial charge in [0.1, 0.15) is 12.3 Å². The lowest BCUT2D eigenvalue weighted by molar-refractivity contribution is -0.143. The standard InChI is InChI=1S/C19H25N5O3/c1-19(2,3)18(26)27-15-9-7-14(8-10-15)17-20-22-24(21-17)13-16(25)23-11-5-4-6-12-23/h7-10H,4-6,11-13H2,1-3H3. The van der Waals surface area contributed by atoms with E-state index >= 15 is 0 Å². The van der Waals surface area contributed by atoms with Crippen molar-refractivity contribution < 1.29 is 14.3 Å². The Kier molecular flexibility index (Phi) is 5.53. The van der Waals surface area contributed by atoms with Crippen LogP contribution in [0.5, 0.6) is 5.75 Å². The number of nitrogens with zero attached hydrogens (tertiary/aromatic N) is 5. The highest BCUT2D eigenvalue weighted by molar-refractivity contribution is 5.78. The Hall–Kier alpha value is -2.77. The molecule has 1 amide bonds. The third kappa shape index (κ3) is 4.90. The number of carbonyl (C=O) groups excluding carboxylic acids is 2. The van der Waals surface area contributed by atoms with E-state index in [1.54, 1.807) is 45.0 Å². The highest BCUT2D eigenvalue weighted by Gasteiger charge is 2.23. The number of amides is 1. The molecular formula is C19H25N5O3. The monoisotopic (exact) mass is 371 g/mol. The lowest BCUT2D eigenvalue weighted by atomic mass is 9.97. The van der Waals surface area contributed by atoms with Crippen LogP contribution in [0.3, 0.4) is 0 Å². The molecule has 0 aliphatic carbocycles. The van der Waals surface area contributed by atoms with E-state index in [4.69, 9.17) is 4.74 Å². The van der Waals surface area contributed by atoms with Crippen molar-refractivity contribution >= 4 is 11.9 Å². The van der Waals surface area contributed by atoms with Gasteiger partial charge in [0, 0.05) is 18.7 Å². The van der Waals surface area contributed by atoms with E-state index < -0.39 is 5.41 Å². The Bertz CT molecular complexity index is 801. The molecule has 0 spiro atoms. The highest BCUT2D eigenvalue weighted by atomic mass is 16.5. The number of esters is 1. The summed E-state index contributed by atoms with van der Waals surface area (Å²) >= 11 is 0. The van der Waals surface area contributed by atoms with Gasteiger partial charge in [0.25, 0.3) is 0 Å². The van der Waals surface area contributed by atoms with E-state index in [9.17, 15) is 9.59 Å². The molecule has 1 aromatic carbocycles. The molecule has 0 atom stereocenters. The fourth-order valence-electron chi connectivity index (χ4n) is 2.72. The van der Waals surface area contributed by atoms with Gasteiger partial charge in [-0.15, -0.1) is 10.2 Å². The fourth-order valence-corrected chi connectivity index (χ4v) is 2.72. The quantitative estimate of drug-likeness (QED) is 0.605. The van der Waals surface area contributed by atoms with Crippen LogP contribution in [0.2, 0.25) is 0 Å². The number of benzene rings is 1. The number of likely N-dealkylation sites (tertiary alicyclic amines) is 1. The van der Waals surface area contributed by atoms with E-state index in [-0.39, 0.29) is 18.4 Å². The molecular weight excluding hydrogens is 346 g/mol. The molecule has 1 aliphatic heterocycles. The van der Waals surface area contributed by atoms with Crippen LogP contribution in [0.15, 0.2) is 24.3 Å². The van der Waals surface area contributed by atoms with Crippen LogP contribution in [0.25, 0.3) is 11.4 Å². The van der Waals surface area contributed by atoms with Crippen molar-refractivity contribution in [3.05, 3.63) is 24.3 Å². The zero-order chi connectivity index (χ0) is 19.4. The van der Waals surface area contributed by atoms with Crippen molar-refractivity contribution in [1.29, 1.82) is 0 Å². The average Bonchev–Trinajstić information content (AvgIpc) is 3.10. The highest BCUT2D eigenvalue weighted by Crippen LogP contribution is 2.22. The van der Waals surface area contributed by atoms with Crippen LogP contribution >= 0.6 is 0 Å². The molecule has 27 heavy (non-hydrogen) atoms. The normalized spacial score (nSPS) is 14.9. The molecule has 2 aromatic rings. The third-order valence-corrected chi connectivity index (χ3v) is 4.37. The summed E-state index contributed by atoms with van der Waals surface area (Å²) in [5.74, 6) is 0.611. The van der Waals surface area contributed by atoms with Gasteiger partial charge in [0.05, 0.1) is 5.41 Å². The van der Waals surface area contributed by atoms with E-state index in [1.807, 2.05) is 4.90 Å². The second kappa shape index (κ2) is 7.85. The average molecular weight is 371 g/mol. The Morgan fingerprint density at radius 2 is 1.74 bits per heavy atom. The maximum atomic E-state index is 12.3. The summed E-state index contributed by atoms with van der Waals surface area (Å²) in [5, 5.41) is 12.3. The summed E-state index contributed by atoms with van der Waals surface area (Å²) in [6.07, 6.45) is 3.28. The van der Waals surface area contributed by atoms with E-state index in [0.29, 0.717) is 11.6 Å². The molecule has 1 aromatic heterocycles. The predicted molar refractivity (Wildman–Crippen MR) is 98.8 cm³/mol. The molecule has 0 unspecified atom stereocenters. The zero-order valence-corrected chi connectivity index (χ0v) is 16.0. The summed E-state index contributed by atoms with van der Waals surface area (Å²) in [7, 11) is 0. The Morgan fingerprint density at radius 3 is 2.37 bits per heavy atom. The largest absolute Gasteiger partial charge is 0.426 e. The smallest absolute Gasteiger partial charge is 0.316 e. The summed E-state index contributed by atoms with van der Waals surface area (Å²) in [6, 6.07) is 6.91. The Balaban J connectivity index is 1.62. The molecule has 1 aliphatic rings. The second-order valence-electron chi connectivity index (χ2n) is 7.75. The number of ether oxygens (including phenoxy) is 1. The van der Waals surface area contributed by atoms with Gasteiger partial charge in [-0.25, -0.2) is 0 Å². The lowest BCUT2D eigenvalue weighted by Gasteiger charge is -2.26. The van der Waals surface area contributed by atoms with Crippen molar-refractivity contribution in [2.45, 2.75) is 46.6 Å². The van der Waals surface area contributed by atoms with Crippen LogP contribution in [0.4, 0.5) is 0 Å². The number of rotatable bonds is 4. The van der Waals surface area contributed by atoms with Crippen LogP contribution in [-0.2, 0) is 16.1 Å². The first-order chi connectivity index (χ1) is 12.8. The number of hydrogen-bond donors (Lipinski definition) is 0. The van der Waals surface area contributed by atoms with Crippen LogP contribution < -0.4 is 4.74 Å². The molecule has 2 heterocycles. The molecule has 0 bridgehead atoms. The van der Waals surface area contributed by atoms with Crippen molar-refractivity contribution in [1.82, 2.24) is 25.1 Å². The van der Waals surface area contributed by atoms with E-state index in [2.05, 4.69) is 15.4 Å². The molecule has 144 valence electrons. The predicted octanol–water partition coefficient (Wildman–Crippen LogP) is 2.30. The minimum absolute atomic E-state index is 0.0168. The first kappa shape index (κ1) is 19.0. The van der Waals surface area contributed by atoms with E-state index in [1.165, 1.54) is 11.2 Å². The number of tetrazole rings is 1. The van der Waals surface area contributed by atoms with Gasteiger partial charge in [0.15, 0.2) is 0 Å². The molecule has 0 saturated carbocycles. The summed E-state index contributed by atoms with van der Waals surface area (Å²) in [6.45, 7) is 7.10. The molecule has 8 heteroatoms. The summed E-state index contributed by atoms with van der Waals surface area (Å²) in [5.41, 5.74) is 0.173. The van der Waals surface area contributed by atoms with Crippen molar-refractivity contribution in [2.75, 3.05) is 13.1 Å². The van der Waals surface area contributed by atoms with Gasteiger partial charge in [-0.05, 0) is 69.5 Å². The molecule has 0 radical (unpaired) electrons. The van der Waals surface area contributed by atoms with Gasteiger partial charge >= 0.3 is 5.97 Å². The fraction of sp³-hybridized carbons (Fsp3) is 0.526. The van der Waals surface area contributed by atoms with E-state index in [0.717, 1.165) is 31.5 Å². The Morgan fingerprint density at radius 1 is 1.07 bits per heavy atom. The molecule has 1 fully saturated rings. The van der Waals surface area contributed by atoms with Crippen molar-refractivity contribution in [3.8, 4) is 17.1 Å². The molecule has 8 nitrogen and oxygen atoms in total. The summed E-state index contributed by atoms with van der Waals surface area (Å²) in [4.78, 5) is 27.4. The number of hydrogen-bond acceptors (Lipinski definition) is 6. The first-order valence-electron chi connectivity index (χ1n) is 9.21. The van der Waals surface area contributed by atoms with Crippen LogP contribution in [-0.4, -0.2) is 50.1 Å². The maximum Gasteiger partial charge on any atom is 0.316 e.